The summed E-state index contributed by atoms with van der Waals surface area (Å²) in [6.07, 6.45) is 11.0. The molecule has 7 rings (SSSR count). The summed E-state index contributed by atoms with van der Waals surface area (Å²) in [5, 5.41) is 10.6. The molecular formula is C26H27N3O4. The third kappa shape index (κ3) is 3.56. The molecule has 2 heterocycles. The maximum absolute atomic E-state index is 12.3. The Hall–Kier alpha value is -3.35. The molecule has 0 radical (unpaired) electrons. The number of aliphatic imine (C=N–C) groups is 1. The van der Waals surface area contributed by atoms with Crippen molar-refractivity contribution in [2.45, 2.75) is 50.5 Å². The number of H-pyrrole nitrogens is 1. The third-order valence-electron chi connectivity index (χ3n) is 7.96. The summed E-state index contributed by atoms with van der Waals surface area (Å²) in [5.41, 5.74) is 0.993. The Kier molecular flexibility index (Phi) is 4.67. The molecule has 0 aliphatic heterocycles. The molecule has 4 aliphatic carbocycles. The first-order chi connectivity index (χ1) is 16.0. The van der Waals surface area contributed by atoms with Crippen LogP contribution in [-0.4, -0.2) is 20.9 Å². The fraction of sp³-hybridized carbons (Fsp3) is 0.423. The molecule has 3 aromatic rings. The van der Waals surface area contributed by atoms with Gasteiger partial charge >= 0.3 is 5.69 Å². The van der Waals surface area contributed by atoms with E-state index in [0.717, 1.165) is 22.3 Å². The highest BCUT2D eigenvalue weighted by molar-refractivity contribution is 5.84. The topological polar surface area (TPSA) is 101 Å². The van der Waals surface area contributed by atoms with E-state index in [1.807, 2.05) is 12.1 Å². The van der Waals surface area contributed by atoms with Crippen LogP contribution in [0.25, 0.3) is 0 Å². The maximum Gasteiger partial charge on any atom is 0.331 e. The zero-order valence-electron chi connectivity index (χ0n) is 18.4. The minimum Gasteiger partial charge on any atom is -0.494 e. The predicted octanol–water partition coefficient (Wildman–Crippen LogP) is 4.10. The van der Waals surface area contributed by atoms with Crippen molar-refractivity contribution >= 4 is 11.9 Å². The van der Waals surface area contributed by atoms with Gasteiger partial charge in [0, 0.05) is 6.21 Å². The Bertz CT molecular complexity index is 1280. The van der Waals surface area contributed by atoms with E-state index in [0.29, 0.717) is 16.9 Å². The van der Waals surface area contributed by atoms with Crippen LogP contribution in [-0.2, 0) is 12.0 Å². The molecule has 0 atom stereocenters. The van der Waals surface area contributed by atoms with Crippen molar-refractivity contribution in [2.24, 2.45) is 22.7 Å². The van der Waals surface area contributed by atoms with Gasteiger partial charge in [-0.25, -0.2) is 4.79 Å². The Labute approximate surface area is 190 Å². The summed E-state index contributed by atoms with van der Waals surface area (Å²) in [5.74, 6) is 2.72. The largest absolute Gasteiger partial charge is 0.494 e. The monoisotopic (exact) mass is 445 g/mol. The van der Waals surface area contributed by atoms with Gasteiger partial charge in [0.15, 0.2) is 0 Å². The quantitative estimate of drug-likeness (QED) is 0.578. The standard InChI is InChI=1S/C26H27N3O4/c30-23-22(24(31)29(25(32)28-23)15-21-2-1-7-33-21)14-27-20-5-3-19(4-6-20)26-11-16-8-17(12-26)10-18(9-16)13-26/h1-7,14,16-18,31H,8-13,15H2,(H,28,30,32). The molecule has 1 aromatic carbocycles. The average molecular weight is 446 g/mol. The van der Waals surface area contributed by atoms with Crippen LogP contribution in [0.5, 0.6) is 5.88 Å². The van der Waals surface area contributed by atoms with Crippen LogP contribution >= 0.6 is 0 Å². The number of rotatable bonds is 5. The van der Waals surface area contributed by atoms with E-state index >= 15 is 0 Å². The van der Waals surface area contributed by atoms with E-state index in [9.17, 15) is 14.7 Å². The molecule has 2 aromatic heterocycles. The number of furan rings is 1. The SMILES string of the molecule is O=c1[nH]c(=O)n(Cc2ccco2)c(O)c1C=Nc1ccc(C23CC4CC(CC(C4)C2)C3)cc1. The van der Waals surface area contributed by atoms with Crippen molar-refractivity contribution < 1.29 is 9.52 Å². The predicted molar refractivity (Wildman–Crippen MR) is 124 cm³/mol. The van der Waals surface area contributed by atoms with Crippen molar-refractivity contribution in [3.05, 3.63) is 80.4 Å². The van der Waals surface area contributed by atoms with Crippen LogP contribution in [0.15, 0.2) is 61.7 Å². The molecule has 0 unspecified atom stereocenters. The summed E-state index contributed by atoms with van der Waals surface area (Å²) in [7, 11) is 0. The van der Waals surface area contributed by atoms with Crippen molar-refractivity contribution in [1.29, 1.82) is 0 Å². The highest BCUT2D eigenvalue weighted by Gasteiger charge is 2.51. The molecule has 7 heteroatoms. The smallest absolute Gasteiger partial charge is 0.331 e. The summed E-state index contributed by atoms with van der Waals surface area (Å²) in [6, 6.07) is 11.7. The molecule has 170 valence electrons. The Balaban J connectivity index is 1.26. The third-order valence-corrected chi connectivity index (χ3v) is 7.96. The number of nitrogens with one attached hydrogen (secondary N) is 1. The van der Waals surface area contributed by atoms with Crippen molar-refractivity contribution in [2.75, 3.05) is 0 Å². The lowest BCUT2D eigenvalue weighted by molar-refractivity contribution is -0.00518. The van der Waals surface area contributed by atoms with E-state index in [2.05, 4.69) is 22.1 Å². The summed E-state index contributed by atoms with van der Waals surface area (Å²) in [6.45, 7) is 0.00898. The first-order valence-corrected chi connectivity index (χ1v) is 11.7. The molecular weight excluding hydrogens is 418 g/mol. The zero-order chi connectivity index (χ0) is 22.6. The fourth-order valence-corrected chi connectivity index (χ4v) is 6.90. The second kappa shape index (κ2) is 7.61. The number of nitrogens with zero attached hydrogens (tertiary/aromatic N) is 2. The Morgan fingerprint density at radius 3 is 2.33 bits per heavy atom. The first kappa shape index (κ1) is 20.3. The number of aromatic nitrogens is 2. The summed E-state index contributed by atoms with van der Waals surface area (Å²) < 4.78 is 6.30. The maximum atomic E-state index is 12.3. The molecule has 7 nitrogen and oxygen atoms in total. The minimum absolute atomic E-state index is 0.00898. The van der Waals surface area contributed by atoms with Gasteiger partial charge in [-0.3, -0.25) is 19.3 Å². The Morgan fingerprint density at radius 1 is 1.06 bits per heavy atom. The van der Waals surface area contributed by atoms with Gasteiger partial charge in [0.05, 0.1) is 18.5 Å². The van der Waals surface area contributed by atoms with Crippen LogP contribution in [0.2, 0.25) is 0 Å². The zero-order valence-corrected chi connectivity index (χ0v) is 18.4. The van der Waals surface area contributed by atoms with Crippen molar-refractivity contribution in [3.8, 4) is 5.88 Å². The first-order valence-electron chi connectivity index (χ1n) is 11.7. The van der Waals surface area contributed by atoms with Gasteiger partial charge in [0.1, 0.15) is 11.3 Å². The van der Waals surface area contributed by atoms with E-state index in [1.54, 1.807) is 12.1 Å². The fourth-order valence-electron chi connectivity index (χ4n) is 6.90. The molecule has 0 saturated heterocycles. The lowest BCUT2D eigenvalue weighted by Crippen LogP contribution is -2.48. The highest BCUT2D eigenvalue weighted by atomic mass is 16.3. The van der Waals surface area contributed by atoms with Crippen LogP contribution < -0.4 is 11.2 Å². The van der Waals surface area contributed by atoms with Gasteiger partial charge in [0.2, 0.25) is 5.88 Å². The normalized spacial score (nSPS) is 28.1. The van der Waals surface area contributed by atoms with E-state index in [1.165, 1.54) is 56.6 Å². The molecule has 4 saturated carbocycles. The second-order valence-electron chi connectivity index (χ2n) is 10.2. The van der Waals surface area contributed by atoms with Gasteiger partial charge in [-0.2, -0.15) is 0 Å². The van der Waals surface area contributed by atoms with Crippen molar-refractivity contribution in [1.82, 2.24) is 9.55 Å². The minimum atomic E-state index is -0.703. The number of aromatic amines is 1. The lowest BCUT2D eigenvalue weighted by Gasteiger charge is -2.57. The van der Waals surface area contributed by atoms with Crippen LogP contribution in [0.3, 0.4) is 0 Å². The van der Waals surface area contributed by atoms with Gasteiger partial charge in [-0.05, 0) is 91.5 Å². The number of hydrogen-bond acceptors (Lipinski definition) is 5. The molecule has 4 fully saturated rings. The van der Waals surface area contributed by atoms with E-state index in [4.69, 9.17) is 4.42 Å². The van der Waals surface area contributed by atoms with Gasteiger partial charge in [-0.15, -0.1) is 0 Å². The Morgan fingerprint density at radius 2 is 1.73 bits per heavy atom. The van der Waals surface area contributed by atoms with Crippen molar-refractivity contribution in [3.63, 3.8) is 0 Å². The molecule has 4 aliphatic rings. The van der Waals surface area contributed by atoms with Crippen LogP contribution in [0.4, 0.5) is 5.69 Å². The lowest BCUT2D eigenvalue weighted by atomic mass is 9.48. The molecule has 33 heavy (non-hydrogen) atoms. The summed E-state index contributed by atoms with van der Waals surface area (Å²) in [4.78, 5) is 31.1. The number of hydrogen-bond donors (Lipinski definition) is 2. The highest BCUT2D eigenvalue weighted by Crippen LogP contribution is 2.60. The van der Waals surface area contributed by atoms with Gasteiger partial charge < -0.3 is 9.52 Å². The van der Waals surface area contributed by atoms with E-state index < -0.39 is 17.1 Å². The number of aromatic hydroxyl groups is 1. The molecule has 0 amide bonds. The molecule has 0 spiro atoms. The van der Waals surface area contributed by atoms with E-state index in [-0.39, 0.29) is 12.1 Å². The van der Waals surface area contributed by atoms with Crippen LogP contribution in [0.1, 0.15) is 55.4 Å². The second-order valence-corrected chi connectivity index (χ2v) is 10.2. The summed E-state index contributed by atoms with van der Waals surface area (Å²) >= 11 is 0. The average Bonchev–Trinajstić information content (AvgIpc) is 3.29. The van der Waals surface area contributed by atoms with Gasteiger partial charge in [0.25, 0.3) is 5.56 Å². The van der Waals surface area contributed by atoms with Crippen LogP contribution in [0, 0.1) is 17.8 Å². The van der Waals surface area contributed by atoms with Gasteiger partial charge in [-0.1, -0.05) is 12.1 Å². The molecule has 4 bridgehead atoms. The number of benzene rings is 1. The molecule has 2 N–H and O–H groups in total.